The fourth-order valence-electron chi connectivity index (χ4n) is 4.07. The Morgan fingerprint density at radius 3 is 1.07 bits per heavy atom. The van der Waals surface area contributed by atoms with Crippen molar-refractivity contribution >= 4 is 5.97 Å². The lowest BCUT2D eigenvalue weighted by Crippen LogP contribution is -2.29. The number of nitrogens with zero attached hydrogens (tertiary/aromatic N) is 1. The molecule has 0 aromatic heterocycles. The highest BCUT2D eigenvalue weighted by molar-refractivity contribution is 5.65. The van der Waals surface area contributed by atoms with Gasteiger partial charge in [-0.1, -0.05) is 170 Å². The monoisotopic (exact) mass is 574 g/mol. The van der Waals surface area contributed by atoms with E-state index < -0.39 is 0 Å². The average Bonchev–Trinajstić information content (AvgIpc) is 2.95. The Bertz CT molecular complexity index is 380. The van der Waals surface area contributed by atoms with Gasteiger partial charge in [-0.2, -0.15) is 0 Å². The maximum absolute atomic E-state index is 10.1. The van der Waals surface area contributed by atoms with E-state index in [0.717, 1.165) is 19.4 Å². The van der Waals surface area contributed by atoms with Gasteiger partial charge in [0.05, 0.1) is 13.2 Å². The van der Waals surface area contributed by atoms with Gasteiger partial charge >= 0.3 is 5.97 Å². The van der Waals surface area contributed by atoms with E-state index in [1.165, 1.54) is 148 Å². The first-order valence-electron chi connectivity index (χ1n) is 17.9. The zero-order valence-electron chi connectivity index (χ0n) is 29.3. The van der Waals surface area contributed by atoms with Gasteiger partial charge in [0.1, 0.15) is 0 Å². The van der Waals surface area contributed by atoms with E-state index in [4.69, 9.17) is 5.11 Å². The van der Waals surface area contributed by atoms with Crippen LogP contribution in [0.5, 0.6) is 0 Å². The molecule has 0 aliphatic rings. The van der Waals surface area contributed by atoms with Gasteiger partial charge in [-0.05, 0) is 32.4 Å². The molecule has 1 N–H and O–H groups in total. The van der Waals surface area contributed by atoms with E-state index in [2.05, 4.69) is 58.1 Å². The smallest absolute Gasteiger partial charge is 0.302 e. The van der Waals surface area contributed by atoms with Crippen LogP contribution in [0.2, 0.25) is 0 Å². The summed E-state index contributed by atoms with van der Waals surface area (Å²) < 4.78 is 4.64. The number of hydrogen-bond acceptors (Lipinski definition) is 4. The van der Waals surface area contributed by atoms with Gasteiger partial charge < -0.3 is 14.7 Å². The average molecular weight is 574 g/mol. The molecular formula is C36H79NO3. The van der Waals surface area contributed by atoms with Crippen LogP contribution in [-0.2, 0) is 9.53 Å². The van der Waals surface area contributed by atoms with Gasteiger partial charge in [0, 0.05) is 13.5 Å². The molecule has 40 heavy (non-hydrogen) atoms. The number of aliphatic hydroxyl groups is 1. The molecule has 0 aromatic rings. The molecule has 4 heteroatoms. The van der Waals surface area contributed by atoms with Crippen molar-refractivity contribution in [1.82, 2.24) is 4.90 Å². The molecule has 0 saturated heterocycles. The molecule has 0 aliphatic heterocycles. The van der Waals surface area contributed by atoms with Crippen molar-refractivity contribution in [2.24, 2.45) is 0 Å². The summed E-state index contributed by atoms with van der Waals surface area (Å²) in [5.74, 6) is -0.182. The summed E-state index contributed by atoms with van der Waals surface area (Å²) >= 11 is 0. The number of esters is 1. The number of carbonyl (C=O) groups is 1. The maximum atomic E-state index is 10.1. The Kier molecular flexibility index (Phi) is 55.8. The summed E-state index contributed by atoms with van der Waals surface area (Å²) in [6.07, 6.45) is 29.6. The fourth-order valence-corrected chi connectivity index (χ4v) is 4.07. The van der Waals surface area contributed by atoms with Crippen LogP contribution in [0, 0.1) is 0 Å². The molecule has 0 spiro atoms. The third kappa shape index (κ3) is 57.3. The van der Waals surface area contributed by atoms with E-state index in [0.29, 0.717) is 13.2 Å². The van der Waals surface area contributed by atoms with Gasteiger partial charge in [-0.3, -0.25) is 4.79 Å². The third-order valence-corrected chi connectivity index (χ3v) is 6.79. The Morgan fingerprint density at radius 2 is 0.775 bits per heavy atom. The second-order valence-electron chi connectivity index (χ2n) is 11.2. The molecule has 0 atom stereocenters. The minimum atomic E-state index is -0.182. The molecular weight excluding hydrogens is 494 g/mol. The van der Waals surface area contributed by atoms with Crippen LogP contribution in [0.1, 0.15) is 197 Å². The SMILES string of the molecule is CCCCCCCC.CCCCCCCC.CCCCCCCN(CCO)CCCCC.CCCCOC(C)=O. The highest BCUT2D eigenvalue weighted by atomic mass is 16.5. The van der Waals surface area contributed by atoms with Crippen LogP contribution in [0.3, 0.4) is 0 Å². The van der Waals surface area contributed by atoms with Gasteiger partial charge in [-0.25, -0.2) is 0 Å². The lowest BCUT2D eigenvalue weighted by Gasteiger charge is -2.21. The number of rotatable bonds is 25. The number of unbranched alkanes of at least 4 members (excludes halogenated alkanes) is 17. The van der Waals surface area contributed by atoms with Gasteiger partial charge in [0.25, 0.3) is 0 Å². The van der Waals surface area contributed by atoms with E-state index in [1.807, 2.05) is 0 Å². The molecule has 0 bridgehead atoms. The predicted octanol–water partition coefficient (Wildman–Crippen LogP) is 11.5. The summed E-state index contributed by atoms with van der Waals surface area (Å²) in [5.41, 5.74) is 0. The highest BCUT2D eigenvalue weighted by Crippen LogP contribution is 2.06. The van der Waals surface area contributed by atoms with Crippen molar-refractivity contribution in [2.75, 3.05) is 32.8 Å². The summed E-state index contributed by atoms with van der Waals surface area (Å²) in [6.45, 7) is 21.1. The normalized spacial score (nSPS) is 10.2. The largest absolute Gasteiger partial charge is 0.466 e. The zero-order valence-corrected chi connectivity index (χ0v) is 29.3. The molecule has 0 amide bonds. The number of carbonyl (C=O) groups excluding carboxylic acids is 1. The molecule has 0 aromatic carbocycles. The second-order valence-corrected chi connectivity index (χ2v) is 11.2. The molecule has 0 saturated carbocycles. The van der Waals surface area contributed by atoms with Crippen LogP contribution in [0.25, 0.3) is 0 Å². The molecule has 0 radical (unpaired) electrons. The first kappa shape index (κ1) is 46.4. The lowest BCUT2D eigenvalue weighted by molar-refractivity contribution is -0.141. The Hall–Kier alpha value is -0.610. The van der Waals surface area contributed by atoms with E-state index in [-0.39, 0.29) is 5.97 Å². The van der Waals surface area contributed by atoms with Crippen LogP contribution < -0.4 is 0 Å². The van der Waals surface area contributed by atoms with Gasteiger partial charge in [0.15, 0.2) is 0 Å². The van der Waals surface area contributed by atoms with Crippen LogP contribution in [0.15, 0.2) is 0 Å². The van der Waals surface area contributed by atoms with Gasteiger partial charge in [-0.15, -0.1) is 0 Å². The zero-order chi connectivity index (χ0) is 31.0. The number of ether oxygens (including phenoxy) is 1. The summed E-state index contributed by atoms with van der Waals surface area (Å²) in [5, 5.41) is 8.99. The molecule has 0 aliphatic carbocycles. The van der Waals surface area contributed by atoms with Crippen molar-refractivity contribution in [3.8, 4) is 0 Å². The van der Waals surface area contributed by atoms with E-state index >= 15 is 0 Å². The maximum Gasteiger partial charge on any atom is 0.302 e. The topological polar surface area (TPSA) is 49.8 Å². The predicted molar refractivity (Wildman–Crippen MR) is 181 cm³/mol. The first-order valence-corrected chi connectivity index (χ1v) is 17.9. The van der Waals surface area contributed by atoms with Crippen molar-refractivity contribution in [2.45, 2.75) is 197 Å². The Labute approximate surface area is 254 Å². The van der Waals surface area contributed by atoms with Gasteiger partial charge in [0.2, 0.25) is 0 Å². The second kappa shape index (κ2) is 48.1. The molecule has 0 unspecified atom stereocenters. The molecule has 0 rings (SSSR count). The van der Waals surface area contributed by atoms with E-state index in [1.54, 1.807) is 0 Å². The van der Waals surface area contributed by atoms with Crippen molar-refractivity contribution < 1.29 is 14.6 Å². The Balaban J connectivity index is -0.000000231. The third-order valence-electron chi connectivity index (χ3n) is 6.79. The van der Waals surface area contributed by atoms with Crippen molar-refractivity contribution in [3.05, 3.63) is 0 Å². The molecule has 4 nitrogen and oxygen atoms in total. The highest BCUT2D eigenvalue weighted by Gasteiger charge is 2.03. The summed E-state index contributed by atoms with van der Waals surface area (Å²) in [7, 11) is 0. The standard InChI is InChI=1S/C14H31NO.2C8H18.C6H12O2/c1-3-5-7-8-10-12-15(13-14-16)11-9-6-4-2;2*1-3-5-7-8-6-4-2;1-3-4-5-8-6(2)7/h16H,3-14H2,1-2H3;2*3-8H2,1-2H3;3-5H2,1-2H3. The minimum absolute atomic E-state index is 0.182. The number of hydrogen-bond donors (Lipinski definition) is 1. The van der Waals surface area contributed by atoms with Crippen molar-refractivity contribution in [1.29, 1.82) is 0 Å². The lowest BCUT2D eigenvalue weighted by atomic mass is 10.1. The van der Waals surface area contributed by atoms with Crippen molar-refractivity contribution in [3.63, 3.8) is 0 Å². The van der Waals surface area contributed by atoms with E-state index in [9.17, 15) is 4.79 Å². The van der Waals surface area contributed by atoms with Crippen LogP contribution in [-0.4, -0.2) is 48.8 Å². The number of aliphatic hydroxyl groups excluding tert-OH is 1. The van der Waals surface area contributed by atoms with Crippen LogP contribution >= 0.6 is 0 Å². The molecule has 0 fully saturated rings. The quantitative estimate of drug-likeness (QED) is 0.0871. The summed E-state index contributed by atoms with van der Waals surface area (Å²) in [4.78, 5) is 12.5. The first-order chi connectivity index (χ1) is 19.4. The molecule has 246 valence electrons. The minimum Gasteiger partial charge on any atom is -0.466 e. The van der Waals surface area contributed by atoms with Crippen LogP contribution in [0.4, 0.5) is 0 Å². The summed E-state index contributed by atoms with van der Waals surface area (Å²) in [6, 6.07) is 0. The Morgan fingerprint density at radius 1 is 0.475 bits per heavy atom. The fraction of sp³-hybridized carbons (Fsp3) is 0.972. The molecule has 0 heterocycles.